The molecule has 0 saturated heterocycles. The summed E-state index contributed by atoms with van der Waals surface area (Å²) >= 11 is 0. The number of rotatable bonds is 5. The van der Waals surface area contributed by atoms with Crippen LogP contribution in [0.1, 0.15) is 16.7 Å². The summed E-state index contributed by atoms with van der Waals surface area (Å²) in [5, 5.41) is 6.39. The van der Waals surface area contributed by atoms with E-state index >= 15 is 0 Å². The zero-order chi connectivity index (χ0) is 19.9. The van der Waals surface area contributed by atoms with Crippen LogP contribution in [0.25, 0.3) is 0 Å². The molecule has 1 aliphatic heterocycles. The number of amides is 1. The van der Waals surface area contributed by atoms with Crippen molar-refractivity contribution in [3.8, 4) is 0 Å². The molecule has 0 spiro atoms. The van der Waals surface area contributed by atoms with Gasteiger partial charge in [0.2, 0.25) is 5.91 Å². The van der Waals surface area contributed by atoms with Gasteiger partial charge in [-0.2, -0.15) is 0 Å². The minimum absolute atomic E-state index is 0.0158. The summed E-state index contributed by atoms with van der Waals surface area (Å²) in [6.07, 6.45) is 1.03. The average Bonchev–Trinajstić information content (AvgIpc) is 2.68. The number of hydrogen-bond donors (Lipinski definition) is 2. The van der Waals surface area contributed by atoms with Gasteiger partial charge in [0.25, 0.3) is 0 Å². The summed E-state index contributed by atoms with van der Waals surface area (Å²) in [5.41, 5.74) is 4.70. The first-order chi connectivity index (χ1) is 13.5. The number of carbonyl (C=O) groups excluding carboxylic acids is 1. The number of guanidine groups is 1. The Morgan fingerprint density at radius 2 is 1.93 bits per heavy atom. The lowest BCUT2D eigenvalue weighted by atomic mass is 10.0. The summed E-state index contributed by atoms with van der Waals surface area (Å²) in [7, 11) is 5.58. The third-order valence-corrected chi connectivity index (χ3v) is 4.76. The third kappa shape index (κ3) is 5.33. The van der Waals surface area contributed by atoms with Crippen molar-refractivity contribution in [3.05, 3.63) is 65.2 Å². The first-order valence-electron chi connectivity index (χ1n) is 9.61. The zero-order valence-electron chi connectivity index (χ0n) is 16.9. The molecule has 0 fully saturated rings. The first kappa shape index (κ1) is 19.9. The van der Waals surface area contributed by atoms with Crippen molar-refractivity contribution >= 4 is 17.6 Å². The summed E-state index contributed by atoms with van der Waals surface area (Å²) in [5.74, 6) is 0.884. The number of fused-ring (bicyclic) bond motifs is 1. The molecule has 2 aromatic rings. The van der Waals surface area contributed by atoms with Crippen molar-refractivity contribution < 1.29 is 4.79 Å². The van der Waals surface area contributed by atoms with E-state index in [4.69, 9.17) is 0 Å². The Kier molecular flexibility index (Phi) is 6.66. The lowest BCUT2D eigenvalue weighted by Crippen LogP contribution is -2.43. The van der Waals surface area contributed by atoms with Gasteiger partial charge in [-0.3, -0.25) is 9.79 Å². The fraction of sp³-hybridized carbons (Fsp3) is 0.364. The van der Waals surface area contributed by atoms with E-state index in [0.29, 0.717) is 13.1 Å². The number of nitrogens with one attached hydrogen (secondary N) is 2. The number of anilines is 1. The Hall–Kier alpha value is -2.86. The lowest BCUT2D eigenvalue weighted by Gasteiger charge is -2.31. The minimum atomic E-state index is -0.0158. The summed E-state index contributed by atoms with van der Waals surface area (Å²) in [6, 6.07) is 16.5. The van der Waals surface area contributed by atoms with Gasteiger partial charge in [-0.15, -0.1) is 0 Å². The highest BCUT2D eigenvalue weighted by molar-refractivity contribution is 5.92. The van der Waals surface area contributed by atoms with E-state index in [2.05, 4.69) is 44.8 Å². The Morgan fingerprint density at radius 3 is 2.68 bits per heavy atom. The standard InChI is InChI=1S/C22H29N5O/c1-23-22(27-12-11-18-8-4-5-9-19(18)15-27)24-14-17-7-6-10-20(13-17)25-21(28)16-26(2)3/h4-10,13H,11-12,14-16H2,1-3H3,(H,23,24)(H,25,28). The number of benzene rings is 2. The van der Waals surface area contributed by atoms with Gasteiger partial charge in [0.1, 0.15) is 0 Å². The second kappa shape index (κ2) is 9.37. The highest BCUT2D eigenvalue weighted by Crippen LogP contribution is 2.18. The predicted octanol–water partition coefficient (Wildman–Crippen LogP) is 2.32. The first-order valence-corrected chi connectivity index (χ1v) is 9.61. The summed E-state index contributed by atoms with van der Waals surface area (Å²) < 4.78 is 0. The van der Waals surface area contributed by atoms with Gasteiger partial charge < -0.3 is 20.4 Å². The quantitative estimate of drug-likeness (QED) is 0.618. The molecular formula is C22H29N5O. The number of aliphatic imine (C=N–C) groups is 1. The van der Waals surface area contributed by atoms with Crippen molar-refractivity contribution in [2.75, 3.05) is 39.5 Å². The molecule has 1 heterocycles. The van der Waals surface area contributed by atoms with E-state index in [1.807, 2.05) is 50.3 Å². The van der Waals surface area contributed by atoms with Crippen molar-refractivity contribution in [1.82, 2.24) is 15.1 Å². The van der Waals surface area contributed by atoms with Crippen LogP contribution in [0.15, 0.2) is 53.5 Å². The molecule has 1 aliphatic rings. The van der Waals surface area contributed by atoms with E-state index in [-0.39, 0.29) is 5.91 Å². The minimum Gasteiger partial charge on any atom is -0.352 e. The van der Waals surface area contributed by atoms with Crippen molar-refractivity contribution in [1.29, 1.82) is 0 Å². The maximum atomic E-state index is 12.0. The molecule has 6 heteroatoms. The maximum absolute atomic E-state index is 12.0. The van der Waals surface area contributed by atoms with Crippen LogP contribution in [-0.2, 0) is 24.3 Å². The van der Waals surface area contributed by atoms with Crippen LogP contribution in [0.4, 0.5) is 5.69 Å². The lowest BCUT2D eigenvalue weighted by molar-refractivity contribution is -0.116. The van der Waals surface area contributed by atoms with Gasteiger partial charge in [0.05, 0.1) is 6.54 Å². The van der Waals surface area contributed by atoms with Crippen LogP contribution in [0.2, 0.25) is 0 Å². The van der Waals surface area contributed by atoms with E-state index in [9.17, 15) is 4.79 Å². The third-order valence-electron chi connectivity index (χ3n) is 4.76. The van der Waals surface area contributed by atoms with Crippen LogP contribution >= 0.6 is 0 Å². The molecule has 3 rings (SSSR count). The molecule has 0 bridgehead atoms. The molecule has 0 unspecified atom stereocenters. The molecule has 0 aromatic heterocycles. The topological polar surface area (TPSA) is 60.0 Å². The Labute approximate surface area is 167 Å². The molecule has 2 N–H and O–H groups in total. The average molecular weight is 380 g/mol. The molecule has 0 aliphatic carbocycles. The Morgan fingerprint density at radius 1 is 1.14 bits per heavy atom. The molecule has 0 atom stereocenters. The van der Waals surface area contributed by atoms with Crippen LogP contribution in [0.3, 0.4) is 0 Å². The molecular weight excluding hydrogens is 350 g/mol. The van der Waals surface area contributed by atoms with Crippen molar-refractivity contribution in [2.45, 2.75) is 19.5 Å². The van der Waals surface area contributed by atoms with Crippen LogP contribution < -0.4 is 10.6 Å². The van der Waals surface area contributed by atoms with Gasteiger partial charge in [-0.05, 0) is 49.3 Å². The van der Waals surface area contributed by atoms with E-state index in [1.54, 1.807) is 0 Å². The predicted molar refractivity (Wildman–Crippen MR) is 114 cm³/mol. The van der Waals surface area contributed by atoms with Crippen molar-refractivity contribution in [2.24, 2.45) is 4.99 Å². The molecule has 148 valence electrons. The highest BCUT2D eigenvalue weighted by Gasteiger charge is 2.18. The maximum Gasteiger partial charge on any atom is 0.238 e. The number of hydrogen-bond acceptors (Lipinski definition) is 3. The summed E-state index contributed by atoms with van der Waals surface area (Å²) in [6.45, 7) is 2.85. The van der Waals surface area contributed by atoms with E-state index < -0.39 is 0 Å². The fourth-order valence-corrected chi connectivity index (χ4v) is 3.44. The number of likely N-dealkylation sites (N-methyl/N-ethyl adjacent to an activating group) is 1. The molecule has 1 amide bonds. The second-order valence-electron chi connectivity index (χ2n) is 7.33. The zero-order valence-corrected chi connectivity index (χ0v) is 16.9. The molecule has 6 nitrogen and oxygen atoms in total. The van der Waals surface area contributed by atoms with E-state index in [1.165, 1.54) is 11.1 Å². The van der Waals surface area contributed by atoms with Crippen molar-refractivity contribution in [3.63, 3.8) is 0 Å². The smallest absolute Gasteiger partial charge is 0.238 e. The Balaban J connectivity index is 1.58. The Bertz CT molecular complexity index is 846. The molecule has 28 heavy (non-hydrogen) atoms. The van der Waals surface area contributed by atoms with Crippen LogP contribution in [0.5, 0.6) is 0 Å². The second-order valence-corrected chi connectivity index (χ2v) is 7.33. The monoisotopic (exact) mass is 379 g/mol. The number of nitrogens with zero attached hydrogens (tertiary/aromatic N) is 3. The van der Waals surface area contributed by atoms with Gasteiger partial charge in [-0.25, -0.2) is 0 Å². The fourth-order valence-electron chi connectivity index (χ4n) is 3.44. The number of carbonyl (C=O) groups is 1. The van der Waals surface area contributed by atoms with Gasteiger partial charge in [0.15, 0.2) is 5.96 Å². The largest absolute Gasteiger partial charge is 0.352 e. The molecule has 0 radical (unpaired) electrons. The van der Waals surface area contributed by atoms with Gasteiger partial charge in [-0.1, -0.05) is 36.4 Å². The van der Waals surface area contributed by atoms with Gasteiger partial charge >= 0.3 is 0 Å². The molecule has 2 aromatic carbocycles. The van der Waals surface area contributed by atoms with Crippen LogP contribution in [0, 0.1) is 0 Å². The SMILES string of the molecule is CN=C(NCc1cccc(NC(=O)CN(C)C)c1)N1CCc2ccccc2C1. The highest BCUT2D eigenvalue weighted by atomic mass is 16.2. The summed E-state index contributed by atoms with van der Waals surface area (Å²) in [4.78, 5) is 20.6. The van der Waals surface area contributed by atoms with Gasteiger partial charge in [0, 0.05) is 32.4 Å². The normalized spacial score (nSPS) is 14.0. The van der Waals surface area contributed by atoms with E-state index in [0.717, 1.165) is 36.7 Å². The van der Waals surface area contributed by atoms with Crippen LogP contribution in [-0.4, -0.2) is 55.9 Å². The molecule has 0 saturated carbocycles.